The zero-order valence-electron chi connectivity index (χ0n) is 9.40. The largest absolute Gasteiger partial charge is 0.468 e. The maximum Gasteiger partial charge on any atom is 0.317 e. The van der Waals surface area contributed by atoms with E-state index in [9.17, 15) is 4.79 Å². The molecule has 16 heavy (non-hydrogen) atoms. The van der Waals surface area contributed by atoms with Crippen LogP contribution in [0.3, 0.4) is 0 Å². The van der Waals surface area contributed by atoms with Crippen molar-refractivity contribution in [3.63, 3.8) is 0 Å². The summed E-state index contributed by atoms with van der Waals surface area (Å²) in [7, 11) is 1.43. The molecule has 0 amide bonds. The van der Waals surface area contributed by atoms with E-state index in [4.69, 9.17) is 4.74 Å². The molecule has 0 bridgehead atoms. The number of hydrogen-bond donors (Lipinski definition) is 0. The molecule has 0 atom stereocenters. The topological polar surface area (TPSA) is 52.1 Å². The van der Waals surface area contributed by atoms with Crippen LogP contribution in [0.5, 0.6) is 0 Å². The van der Waals surface area contributed by atoms with Gasteiger partial charge in [0, 0.05) is 6.20 Å². The molecule has 1 heterocycles. The predicted octanol–water partition coefficient (Wildman–Crippen LogP) is 1.79. The highest BCUT2D eigenvalue weighted by atomic mass is 32.2. The van der Waals surface area contributed by atoms with E-state index in [-0.39, 0.29) is 5.97 Å². The molecular weight excluding hydrogens is 224 g/mol. The molecule has 0 spiro atoms. The van der Waals surface area contributed by atoms with Crippen molar-refractivity contribution in [2.24, 2.45) is 0 Å². The second kappa shape index (κ2) is 4.41. The Morgan fingerprint density at radius 3 is 2.81 bits per heavy atom. The molecule has 2 rings (SSSR count). The molecule has 1 aromatic rings. The second-order valence-electron chi connectivity index (χ2n) is 3.86. The molecule has 5 heteroatoms. The van der Waals surface area contributed by atoms with E-state index >= 15 is 0 Å². The fraction of sp³-hybridized carbons (Fsp3) is 0.545. The van der Waals surface area contributed by atoms with Crippen molar-refractivity contribution in [3.05, 3.63) is 18.0 Å². The summed E-state index contributed by atoms with van der Waals surface area (Å²) in [6.45, 7) is 0. The van der Waals surface area contributed by atoms with E-state index in [0.29, 0.717) is 5.16 Å². The molecule has 1 aliphatic carbocycles. The number of carbonyl (C=O) groups excluding carboxylic acids is 1. The third kappa shape index (κ3) is 1.69. The highest BCUT2D eigenvalue weighted by Gasteiger charge is 2.48. The van der Waals surface area contributed by atoms with Crippen molar-refractivity contribution in [2.45, 2.75) is 29.8 Å². The highest BCUT2D eigenvalue weighted by Crippen LogP contribution is 2.43. The monoisotopic (exact) mass is 238 g/mol. The van der Waals surface area contributed by atoms with Crippen LogP contribution in [-0.4, -0.2) is 29.3 Å². The van der Waals surface area contributed by atoms with Crippen LogP contribution < -0.4 is 0 Å². The van der Waals surface area contributed by atoms with Crippen molar-refractivity contribution in [1.29, 1.82) is 0 Å². The van der Waals surface area contributed by atoms with Crippen LogP contribution in [-0.2, 0) is 14.9 Å². The summed E-state index contributed by atoms with van der Waals surface area (Å²) in [5, 5.41) is 0.702. The van der Waals surface area contributed by atoms with Gasteiger partial charge in [-0.3, -0.25) is 4.79 Å². The van der Waals surface area contributed by atoms with Crippen LogP contribution in [0.4, 0.5) is 0 Å². The summed E-state index contributed by atoms with van der Waals surface area (Å²) in [4.78, 5) is 20.3. The molecule has 1 aromatic heterocycles. The van der Waals surface area contributed by atoms with Gasteiger partial charge in [0.1, 0.15) is 5.41 Å². The number of hydrogen-bond acceptors (Lipinski definition) is 5. The number of aromatic nitrogens is 2. The zero-order valence-corrected chi connectivity index (χ0v) is 10.2. The van der Waals surface area contributed by atoms with Crippen molar-refractivity contribution in [3.8, 4) is 0 Å². The van der Waals surface area contributed by atoms with Crippen molar-refractivity contribution < 1.29 is 9.53 Å². The van der Waals surface area contributed by atoms with Crippen LogP contribution in [0.1, 0.15) is 25.0 Å². The molecule has 0 saturated heterocycles. The number of carbonyl (C=O) groups is 1. The fourth-order valence-corrected chi connectivity index (χ4v) is 2.35. The smallest absolute Gasteiger partial charge is 0.317 e. The van der Waals surface area contributed by atoms with Gasteiger partial charge in [0.15, 0.2) is 5.16 Å². The maximum absolute atomic E-state index is 11.8. The summed E-state index contributed by atoms with van der Waals surface area (Å²) in [5.41, 5.74) is 0.285. The number of methoxy groups -OCH3 is 1. The van der Waals surface area contributed by atoms with Gasteiger partial charge in [-0.2, -0.15) is 0 Å². The number of nitrogens with zero attached hydrogens (tertiary/aromatic N) is 2. The Labute approximate surface area is 98.8 Å². The average Bonchev–Trinajstić information content (AvgIpc) is 2.27. The van der Waals surface area contributed by atoms with Gasteiger partial charge >= 0.3 is 5.97 Å². The Bertz CT molecular complexity index is 405. The van der Waals surface area contributed by atoms with E-state index in [0.717, 1.165) is 25.0 Å². The standard InChI is InChI=1S/C11H14N2O2S/c1-15-9(14)11(5-3-6-11)8-4-7-12-10(13-8)16-2/h4,7H,3,5-6H2,1-2H3. The fourth-order valence-electron chi connectivity index (χ4n) is 2.00. The number of thioether (sulfide) groups is 1. The molecule has 4 nitrogen and oxygen atoms in total. The molecule has 0 radical (unpaired) electrons. The van der Waals surface area contributed by atoms with Gasteiger partial charge in [-0.05, 0) is 25.2 Å². The molecular formula is C11H14N2O2S. The van der Waals surface area contributed by atoms with Gasteiger partial charge in [0.25, 0.3) is 0 Å². The van der Waals surface area contributed by atoms with Crippen LogP contribution in [0, 0.1) is 0 Å². The summed E-state index contributed by atoms with van der Waals surface area (Å²) < 4.78 is 4.88. The van der Waals surface area contributed by atoms with Gasteiger partial charge in [0.05, 0.1) is 12.8 Å². The van der Waals surface area contributed by atoms with E-state index in [1.165, 1.54) is 18.9 Å². The van der Waals surface area contributed by atoms with Gasteiger partial charge < -0.3 is 4.74 Å². The first-order valence-electron chi connectivity index (χ1n) is 5.19. The lowest BCUT2D eigenvalue weighted by Gasteiger charge is -2.38. The van der Waals surface area contributed by atoms with Gasteiger partial charge in [0.2, 0.25) is 0 Å². The van der Waals surface area contributed by atoms with E-state index in [1.54, 1.807) is 6.20 Å². The first-order chi connectivity index (χ1) is 7.73. The van der Waals surface area contributed by atoms with Crippen LogP contribution in [0.25, 0.3) is 0 Å². The number of ether oxygens (including phenoxy) is 1. The maximum atomic E-state index is 11.8. The molecule has 0 aromatic carbocycles. The molecule has 86 valence electrons. The zero-order chi connectivity index (χ0) is 11.6. The van der Waals surface area contributed by atoms with E-state index in [2.05, 4.69) is 9.97 Å². The minimum absolute atomic E-state index is 0.176. The predicted molar refractivity (Wildman–Crippen MR) is 61.4 cm³/mol. The molecule has 1 saturated carbocycles. The molecule has 1 fully saturated rings. The van der Waals surface area contributed by atoms with Gasteiger partial charge in [-0.15, -0.1) is 0 Å². The average molecular weight is 238 g/mol. The van der Waals surface area contributed by atoms with Crippen LogP contribution >= 0.6 is 11.8 Å². The van der Waals surface area contributed by atoms with Crippen molar-refractivity contribution >= 4 is 17.7 Å². The summed E-state index contributed by atoms with van der Waals surface area (Å²) in [6.07, 6.45) is 6.32. The minimum Gasteiger partial charge on any atom is -0.468 e. The number of rotatable bonds is 3. The normalized spacial score (nSPS) is 17.6. The summed E-state index contributed by atoms with van der Waals surface area (Å²) >= 11 is 1.48. The van der Waals surface area contributed by atoms with E-state index in [1.807, 2.05) is 12.3 Å². The minimum atomic E-state index is -0.512. The molecule has 1 aliphatic rings. The van der Waals surface area contributed by atoms with Gasteiger partial charge in [-0.1, -0.05) is 18.2 Å². The lowest BCUT2D eigenvalue weighted by Crippen LogP contribution is -2.44. The lowest BCUT2D eigenvalue weighted by atomic mass is 9.66. The lowest BCUT2D eigenvalue weighted by molar-refractivity contribution is -0.151. The quantitative estimate of drug-likeness (QED) is 0.456. The highest BCUT2D eigenvalue weighted by molar-refractivity contribution is 7.98. The van der Waals surface area contributed by atoms with Crippen LogP contribution in [0.15, 0.2) is 17.4 Å². The summed E-state index contributed by atoms with van der Waals surface area (Å²) in [6, 6.07) is 1.82. The SMILES string of the molecule is COC(=O)C1(c2ccnc(SC)n2)CCC1. The third-order valence-corrected chi connectivity index (χ3v) is 3.65. The first-order valence-corrected chi connectivity index (χ1v) is 6.41. The molecule has 0 N–H and O–H groups in total. The Morgan fingerprint density at radius 1 is 1.56 bits per heavy atom. The summed E-state index contributed by atoms with van der Waals surface area (Å²) in [5.74, 6) is -0.176. The van der Waals surface area contributed by atoms with Crippen molar-refractivity contribution in [1.82, 2.24) is 9.97 Å². The Morgan fingerprint density at radius 2 is 2.31 bits per heavy atom. The third-order valence-electron chi connectivity index (χ3n) is 3.09. The van der Waals surface area contributed by atoms with Crippen molar-refractivity contribution in [2.75, 3.05) is 13.4 Å². The first kappa shape index (κ1) is 11.4. The Kier molecular flexibility index (Phi) is 3.14. The Balaban J connectivity index is 2.36. The Hall–Kier alpha value is -1.10. The van der Waals surface area contributed by atoms with Crippen LogP contribution in [0.2, 0.25) is 0 Å². The van der Waals surface area contributed by atoms with E-state index < -0.39 is 5.41 Å². The number of esters is 1. The molecule has 0 unspecified atom stereocenters. The second-order valence-corrected chi connectivity index (χ2v) is 4.63. The van der Waals surface area contributed by atoms with Gasteiger partial charge in [-0.25, -0.2) is 9.97 Å². The molecule has 0 aliphatic heterocycles.